The van der Waals surface area contributed by atoms with Gasteiger partial charge in [-0.3, -0.25) is 4.79 Å². The summed E-state index contributed by atoms with van der Waals surface area (Å²) < 4.78 is 51.6. The minimum Gasteiger partial charge on any atom is -0.465 e. The first kappa shape index (κ1) is 28.7. The molecule has 0 unspecified atom stereocenters. The summed E-state index contributed by atoms with van der Waals surface area (Å²) in [7, 11) is 2.77. The second kappa shape index (κ2) is 12.0. The Labute approximate surface area is 238 Å². The van der Waals surface area contributed by atoms with E-state index in [0.29, 0.717) is 5.69 Å². The van der Waals surface area contributed by atoms with Gasteiger partial charge in [0.1, 0.15) is 4.88 Å². The Balaban J connectivity index is 1.43. The third-order valence-corrected chi connectivity index (χ3v) is 8.55. The molecule has 0 atom stereocenters. The van der Waals surface area contributed by atoms with Gasteiger partial charge in [0, 0.05) is 48.5 Å². The maximum absolute atomic E-state index is 13.7. The molecule has 8 nitrogen and oxygen atoms in total. The fourth-order valence-corrected chi connectivity index (χ4v) is 6.24. The highest BCUT2D eigenvalue weighted by Gasteiger charge is 2.43. The third kappa shape index (κ3) is 6.13. The number of hydrogen-bond acceptors (Lipinski definition) is 7. The van der Waals surface area contributed by atoms with Gasteiger partial charge in [0.05, 0.1) is 31.0 Å². The zero-order valence-electron chi connectivity index (χ0n) is 22.6. The van der Waals surface area contributed by atoms with Crippen molar-refractivity contribution in [2.45, 2.75) is 31.9 Å². The highest BCUT2D eigenvalue weighted by Crippen LogP contribution is 2.42. The summed E-state index contributed by atoms with van der Waals surface area (Å²) in [4.78, 5) is 33.2. The summed E-state index contributed by atoms with van der Waals surface area (Å²) in [5.74, 6) is -2.87. The SMILES string of the molecule is COCCN(c1cc(-c2ccc(-c3cc4ncccn4n3)cc2)sc1C(=O)OC)C(=O)[C@H]1CC[C@H](C(F)(F)F)CC1. The number of alkyl halides is 3. The van der Waals surface area contributed by atoms with Crippen molar-refractivity contribution in [2.75, 3.05) is 32.3 Å². The van der Waals surface area contributed by atoms with Crippen molar-refractivity contribution in [2.24, 2.45) is 11.8 Å². The molecule has 0 spiro atoms. The molecule has 1 amide bonds. The molecule has 41 heavy (non-hydrogen) atoms. The molecule has 1 aliphatic rings. The first-order valence-corrected chi connectivity index (χ1v) is 14.0. The molecule has 1 fully saturated rings. The number of carbonyl (C=O) groups is 2. The van der Waals surface area contributed by atoms with Gasteiger partial charge < -0.3 is 14.4 Å². The summed E-state index contributed by atoms with van der Waals surface area (Å²) in [5.41, 5.74) is 3.56. The second-order valence-corrected chi connectivity index (χ2v) is 11.0. The molecule has 0 bridgehead atoms. The zero-order valence-corrected chi connectivity index (χ0v) is 23.4. The molecule has 1 aromatic carbocycles. The number of methoxy groups -OCH3 is 2. The quantitative estimate of drug-likeness (QED) is 0.227. The summed E-state index contributed by atoms with van der Waals surface area (Å²) >= 11 is 1.19. The number of fused-ring (bicyclic) bond motifs is 1. The van der Waals surface area contributed by atoms with Crippen LogP contribution in [-0.2, 0) is 14.3 Å². The molecule has 5 rings (SSSR count). The van der Waals surface area contributed by atoms with Crippen molar-refractivity contribution in [3.05, 3.63) is 59.7 Å². The number of aromatic nitrogens is 3. The number of halogens is 3. The van der Waals surface area contributed by atoms with Crippen molar-refractivity contribution >= 4 is 34.5 Å². The summed E-state index contributed by atoms with van der Waals surface area (Å²) in [6.45, 7) is 0.341. The average molecular weight is 587 g/mol. The third-order valence-electron chi connectivity index (χ3n) is 7.40. The summed E-state index contributed by atoms with van der Waals surface area (Å²) in [5, 5.41) is 4.55. The highest BCUT2D eigenvalue weighted by molar-refractivity contribution is 7.18. The number of carbonyl (C=O) groups excluding carboxylic acids is 2. The van der Waals surface area contributed by atoms with Gasteiger partial charge in [0.25, 0.3) is 0 Å². The Bertz CT molecular complexity index is 1490. The van der Waals surface area contributed by atoms with Crippen LogP contribution >= 0.6 is 11.3 Å². The van der Waals surface area contributed by atoms with Crippen molar-refractivity contribution in [1.82, 2.24) is 14.6 Å². The molecule has 3 aromatic heterocycles. The number of anilines is 1. The van der Waals surface area contributed by atoms with Crippen LogP contribution in [0.1, 0.15) is 35.4 Å². The molecule has 0 aliphatic heterocycles. The minimum atomic E-state index is -4.26. The van der Waals surface area contributed by atoms with Crippen molar-refractivity contribution in [3.8, 4) is 21.7 Å². The van der Waals surface area contributed by atoms with Crippen LogP contribution in [0.5, 0.6) is 0 Å². The molecule has 4 aromatic rings. The van der Waals surface area contributed by atoms with Crippen molar-refractivity contribution in [3.63, 3.8) is 0 Å². The normalized spacial score (nSPS) is 17.5. The lowest BCUT2D eigenvalue weighted by Gasteiger charge is -2.32. The van der Waals surface area contributed by atoms with E-state index in [1.54, 1.807) is 22.8 Å². The Hall–Kier alpha value is -3.77. The number of esters is 1. The fourth-order valence-electron chi connectivity index (χ4n) is 5.16. The molecule has 0 saturated heterocycles. The lowest BCUT2D eigenvalue weighted by atomic mass is 9.81. The van der Waals surface area contributed by atoms with E-state index >= 15 is 0 Å². The maximum Gasteiger partial charge on any atom is 0.391 e. The van der Waals surface area contributed by atoms with Crippen LogP contribution in [0.3, 0.4) is 0 Å². The van der Waals surface area contributed by atoms with Crippen LogP contribution in [0.25, 0.3) is 27.3 Å². The molecule has 216 valence electrons. The molecular formula is C29H29F3N4O4S. The van der Waals surface area contributed by atoms with Gasteiger partial charge in [-0.25, -0.2) is 14.3 Å². The van der Waals surface area contributed by atoms with Gasteiger partial charge in [-0.2, -0.15) is 18.3 Å². The van der Waals surface area contributed by atoms with E-state index in [1.807, 2.05) is 36.5 Å². The molecule has 0 N–H and O–H groups in total. The monoisotopic (exact) mass is 586 g/mol. The fraction of sp³-hybridized carbons (Fsp3) is 0.379. The van der Waals surface area contributed by atoms with Crippen LogP contribution in [0, 0.1) is 11.8 Å². The summed E-state index contributed by atoms with van der Waals surface area (Å²) in [6.07, 6.45) is -0.654. The average Bonchev–Trinajstić information content (AvgIpc) is 3.62. The summed E-state index contributed by atoms with van der Waals surface area (Å²) in [6, 6.07) is 13.1. The number of hydrogen-bond donors (Lipinski definition) is 0. The standard InChI is InChI=1S/C29H29F3N4O4S/c1-39-15-14-35(27(37)20-8-10-21(11-9-20)29(30,31)32)23-17-24(41-26(23)28(38)40-2)19-6-4-18(5-7-19)22-16-25-33-12-3-13-36(25)34-22/h3-7,12-13,16-17,20-21H,8-11,14-15H2,1-2H3/t20-,21-. The Kier molecular flexibility index (Phi) is 8.41. The minimum absolute atomic E-state index is 0.0918. The van der Waals surface area contributed by atoms with Crippen LogP contribution in [0.4, 0.5) is 18.9 Å². The zero-order chi connectivity index (χ0) is 29.1. The predicted molar refractivity (Wildman–Crippen MR) is 149 cm³/mol. The lowest BCUT2D eigenvalue weighted by molar-refractivity contribution is -0.184. The highest BCUT2D eigenvalue weighted by atomic mass is 32.1. The van der Waals surface area contributed by atoms with Gasteiger partial charge >= 0.3 is 12.1 Å². The molecule has 12 heteroatoms. The van der Waals surface area contributed by atoms with Gasteiger partial charge in [-0.1, -0.05) is 24.3 Å². The molecular weight excluding hydrogens is 557 g/mol. The number of amides is 1. The molecule has 1 saturated carbocycles. The molecule has 1 aliphatic carbocycles. The van der Waals surface area contributed by atoms with E-state index in [4.69, 9.17) is 9.47 Å². The van der Waals surface area contributed by atoms with E-state index in [9.17, 15) is 22.8 Å². The largest absolute Gasteiger partial charge is 0.465 e. The Morgan fingerprint density at radius 1 is 1.07 bits per heavy atom. The van der Waals surface area contributed by atoms with Crippen LogP contribution in [0.2, 0.25) is 0 Å². The van der Waals surface area contributed by atoms with Crippen LogP contribution < -0.4 is 4.90 Å². The van der Waals surface area contributed by atoms with Gasteiger partial charge in [-0.15, -0.1) is 11.3 Å². The van der Waals surface area contributed by atoms with Gasteiger partial charge in [-0.05, 0) is 43.4 Å². The van der Waals surface area contributed by atoms with Crippen LogP contribution in [0.15, 0.2) is 54.9 Å². The van der Waals surface area contributed by atoms with E-state index in [1.165, 1.54) is 30.5 Å². The van der Waals surface area contributed by atoms with E-state index in [0.717, 1.165) is 27.3 Å². The molecule has 3 heterocycles. The molecule has 0 radical (unpaired) electrons. The number of benzene rings is 1. The topological polar surface area (TPSA) is 86.0 Å². The predicted octanol–water partition coefficient (Wildman–Crippen LogP) is 6.26. The smallest absolute Gasteiger partial charge is 0.391 e. The number of rotatable bonds is 8. The first-order chi connectivity index (χ1) is 19.7. The van der Waals surface area contributed by atoms with Gasteiger partial charge in [0.15, 0.2) is 5.65 Å². The Morgan fingerprint density at radius 3 is 2.41 bits per heavy atom. The van der Waals surface area contributed by atoms with E-state index in [2.05, 4.69) is 10.1 Å². The second-order valence-electron chi connectivity index (χ2n) is 9.92. The lowest BCUT2D eigenvalue weighted by Crippen LogP contribution is -2.41. The van der Waals surface area contributed by atoms with Crippen molar-refractivity contribution in [1.29, 1.82) is 0 Å². The van der Waals surface area contributed by atoms with Gasteiger partial charge in [0.2, 0.25) is 5.91 Å². The Morgan fingerprint density at radius 2 is 1.78 bits per heavy atom. The van der Waals surface area contributed by atoms with E-state index < -0.39 is 24.0 Å². The number of nitrogens with zero attached hydrogens (tertiary/aromatic N) is 4. The first-order valence-electron chi connectivity index (χ1n) is 13.2. The van der Waals surface area contributed by atoms with E-state index in [-0.39, 0.29) is 49.6 Å². The van der Waals surface area contributed by atoms with Crippen molar-refractivity contribution < 1.29 is 32.2 Å². The maximum atomic E-state index is 13.7. The number of thiophene rings is 1. The van der Waals surface area contributed by atoms with Crippen LogP contribution in [-0.4, -0.2) is 60.0 Å². The number of ether oxygens (including phenoxy) is 2.